The van der Waals surface area contributed by atoms with Gasteiger partial charge in [0.1, 0.15) is 6.04 Å². The van der Waals surface area contributed by atoms with Crippen LogP contribution in [0.1, 0.15) is 27.2 Å². The Morgan fingerprint density at radius 1 is 1.50 bits per heavy atom. The fourth-order valence-electron chi connectivity index (χ4n) is 2.10. The molecule has 0 aromatic heterocycles. The third-order valence-corrected chi connectivity index (χ3v) is 4.62. The van der Waals surface area contributed by atoms with Crippen LogP contribution in [0.25, 0.3) is 0 Å². The quantitative estimate of drug-likeness (QED) is 0.851. The van der Waals surface area contributed by atoms with Gasteiger partial charge in [0.25, 0.3) is 0 Å². The minimum Gasteiger partial charge on any atom is -0.480 e. The van der Waals surface area contributed by atoms with E-state index in [0.717, 1.165) is 6.42 Å². The summed E-state index contributed by atoms with van der Waals surface area (Å²) in [6, 6.07) is -0.873. The Balaban J connectivity index is 2.89. The first-order chi connectivity index (χ1) is 8.40. The number of carboxylic acid groups (broad SMARTS) is 1. The zero-order chi connectivity index (χ0) is 13.9. The standard InChI is InChI=1S/C12H22N2O3S/c1-5-6-13(4)12(17)14-9(11(15)16)7-18-10(14)8(2)3/h8-10H,5-7H2,1-4H3,(H,15,16). The first-order valence-electron chi connectivity index (χ1n) is 6.28. The molecule has 1 saturated heterocycles. The Bertz CT molecular complexity index is 322. The number of hydrogen-bond acceptors (Lipinski definition) is 3. The molecule has 1 N–H and O–H groups in total. The summed E-state index contributed by atoms with van der Waals surface area (Å²) in [5.41, 5.74) is 0. The molecule has 0 radical (unpaired) electrons. The van der Waals surface area contributed by atoms with Gasteiger partial charge in [-0.1, -0.05) is 20.8 Å². The molecule has 0 aliphatic carbocycles. The van der Waals surface area contributed by atoms with Gasteiger partial charge in [-0.15, -0.1) is 11.8 Å². The van der Waals surface area contributed by atoms with E-state index in [4.69, 9.17) is 0 Å². The van der Waals surface area contributed by atoms with Crippen molar-refractivity contribution >= 4 is 23.8 Å². The van der Waals surface area contributed by atoms with Crippen molar-refractivity contribution in [1.82, 2.24) is 9.80 Å². The molecule has 5 nitrogen and oxygen atoms in total. The van der Waals surface area contributed by atoms with Gasteiger partial charge in [0, 0.05) is 19.3 Å². The van der Waals surface area contributed by atoms with Crippen LogP contribution < -0.4 is 0 Å². The topological polar surface area (TPSA) is 60.9 Å². The monoisotopic (exact) mass is 274 g/mol. The largest absolute Gasteiger partial charge is 0.480 e. The van der Waals surface area contributed by atoms with Gasteiger partial charge in [0.2, 0.25) is 0 Å². The Labute approximate surface area is 113 Å². The summed E-state index contributed by atoms with van der Waals surface area (Å²) in [6.45, 7) is 6.68. The second-order valence-corrected chi connectivity index (χ2v) is 6.08. The van der Waals surface area contributed by atoms with Crippen molar-refractivity contribution in [3.8, 4) is 0 Å². The summed E-state index contributed by atoms with van der Waals surface area (Å²) in [5, 5.41) is 9.17. The Kier molecular flexibility index (Phi) is 5.31. The van der Waals surface area contributed by atoms with Crippen molar-refractivity contribution in [2.75, 3.05) is 19.3 Å². The highest BCUT2D eigenvalue weighted by atomic mass is 32.2. The second-order valence-electron chi connectivity index (χ2n) is 4.93. The predicted octanol–water partition coefficient (Wildman–Crippen LogP) is 1.93. The van der Waals surface area contributed by atoms with Crippen LogP contribution in [-0.4, -0.2) is 57.7 Å². The smallest absolute Gasteiger partial charge is 0.327 e. The molecular formula is C12H22N2O3S. The summed E-state index contributed by atoms with van der Waals surface area (Å²) in [7, 11) is 1.73. The number of carbonyl (C=O) groups excluding carboxylic acids is 1. The van der Waals surface area contributed by atoms with E-state index in [-0.39, 0.29) is 17.3 Å². The Morgan fingerprint density at radius 3 is 2.56 bits per heavy atom. The highest BCUT2D eigenvalue weighted by Gasteiger charge is 2.43. The summed E-state index contributed by atoms with van der Waals surface area (Å²) in [6.07, 6.45) is 0.868. The minimum atomic E-state index is -0.913. The maximum Gasteiger partial charge on any atom is 0.327 e. The Morgan fingerprint density at radius 2 is 2.11 bits per heavy atom. The summed E-state index contributed by atoms with van der Waals surface area (Å²) in [5.74, 6) is -0.189. The van der Waals surface area contributed by atoms with Crippen molar-refractivity contribution in [1.29, 1.82) is 0 Å². The number of urea groups is 1. The molecule has 1 fully saturated rings. The normalized spacial score (nSPS) is 23.5. The minimum absolute atomic E-state index is 0.0436. The van der Waals surface area contributed by atoms with Gasteiger partial charge in [-0.3, -0.25) is 4.90 Å². The fraction of sp³-hybridized carbons (Fsp3) is 0.833. The number of hydrogen-bond donors (Lipinski definition) is 1. The molecule has 0 bridgehead atoms. The van der Waals surface area contributed by atoms with Crippen LogP contribution in [0.5, 0.6) is 0 Å². The highest BCUT2D eigenvalue weighted by molar-refractivity contribution is 8.00. The van der Waals surface area contributed by atoms with E-state index >= 15 is 0 Å². The predicted molar refractivity (Wildman–Crippen MR) is 72.7 cm³/mol. The molecule has 6 heteroatoms. The molecule has 1 rings (SSSR count). The van der Waals surface area contributed by atoms with Crippen molar-refractivity contribution in [3.63, 3.8) is 0 Å². The lowest BCUT2D eigenvalue weighted by Gasteiger charge is -2.33. The lowest BCUT2D eigenvalue weighted by atomic mass is 10.1. The van der Waals surface area contributed by atoms with Gasteiger partial charge in [-0.05, 0) is 12.3 Å². The van der Waals surface area contributed by atoms with E-state index in [9.17, 15) is 14.7 Å². The SMILES string of the molecule is CCCN(C)C(=O)N1C(C(=O)O)CSC1C(C)C. The van der Waals surface area contributed by atoms with Crippen LogP contribution >= 0.6 is 11.8 Å². The molecule has 0 spiro atoms. The van der Waals surface area contributed by atoms with Crippen molar-refractivity contribution in [3.05, 3.63) is 0 Å². The van der Waals surface area contributed by atoms with Gasteiger partial charge in [0.15, 0.2) is 0 Å². The van der Waals surface area contributed by atoms with Gasteiger partial charge >= 0.3 is 12.0 Å². The van der Waals surface area contributed by atoms with Crippen LogP contribution in [0.15, 0.2) is 0 Å². The summed E-state index contributed by atoms with van der Waals surface area (Å²) in [4.78, 5) is 26.7. The van der Waals surface area contributed by atoms with E-state index in [1.54, 1.807) is 23.7 Å². The number of amides is 2. The van der Waals surface area contributed by atoms with Crippen LogP contribution in [0.2, 0.25) is 0 Å². The summed E-state index contributed by atoms with van der Waals surface area (Å²) >= 11 is 1.56. The van der Waals surface area contributed by atoms with Gasteiger partial charge in [-0.2, -0.15) is 0 Å². The van der Waals surface area contributed by atoms with Crippen LogP contribution in [-0.2, 0) is 4.79 Å². The highest BCUT2D eigenvalue weighted by Crippen LogP contribution is 2.34. The third-order valence-electron chi connectivity index (χ3n) is 3.00. The Hall–Kier alpha value is -0.910. The number of nitrogens with zero attached hydrogens (tertiary/aromatic N) is 2. The van der Waals surface area contributed by atoms with Crippen molar-refractivity contribution in [2.24, 2.45) is 5.92 Å². The molecule has 1 aliphatic heterocycles. The van der Waals surface area contributed by atoms with Gasteiger partial charge in [-0.25, -0.2) is 9.59 Å². The number of carbonyl (C=O) groups is 2. The van der Waals surface area contributed by atoms with E-state index < -0.39 is 12.0 Å². The first-order valence-corrected chi connectivity index (χ1v) is 7.32. The van der Waals surface area contributed by atoms with Crippen molar-refractivity contribution in [2.45, 2.75) is 38.6 Å². The van der Waals surface area contributed by atoms with E-state index in [0.29, 0.717) is 12.3 Å². The molecular weight excluding hydrogens is 252 g/mol. The maximum atomic E-state index is 12.3. The van der Waals surface area contributed by atoms with Crippen molar-refractivity contribution < 1.29 is 14.7 Å². The number of rotatable bonds is 4. The molecule has 2 amide bonds. The average Bonchev–Trinajstić information content (AvgIpc) is 2.72. The first kappa shape index (κ1) is 15.1. The number of aliphatic carboxylic acids is 1. The molecule has 18 heavy (non-hydrogen) atoms. The molecule has 0 aromatic carbocycles. The molecule has 2 unspecified atom stereocenters. The van der Waals surface area contributed by atoms with E-state index in [1.165, 1.54) is 4.90 Å². The summed E-state index contributed by atoms with van der Waals surface area (Å²) < 4.78 is 0. The van der Waals surface area contributed by atoms with Crippen LogP contribution in [0, 0.1) is 5.92 Å². The third kappa shape index (κ3) is 3.10. The molecule has 104 valence electrons. The fourth-order valence-corrected chi connectivity index (χ4v) is 3.57. The number of carboxylic acids is 1. The number of thioether (sulfide) groups is 1. The molecule has 0 aromatic rings. The van der Waals surface area contributed by atoms with Crippen LogP contribution in [0.4, 0.5) is 4.79 Å². The second kappa shape index (κ2) is 6.31. The molecule has 2 atom stereocenters. The molecule has 1 heterocycles. The lowest BCUT2D eigenvalue weighted by molar-refractivity contribution is -0.141. The zero-order valence-corrected chi connectivity index (χ0v) is 12.2. The van der Waals surface area contributed by atoms with E-state index in [2.05, 4.69) is 0 Å². The van der Waals surface area contributed by atoms with Crippen LogP contribution in [0.3, 0.4) is 0 Å². The molecule has 1 aliphatic rings. The maximum absolute atomic E-state index is 12.3. The van der Waals surface area contributed by atoms with Gasteiger partial charge in [0.05, 0.1) is 5.37 Å². The lowest BCUT2D eigenvalue weighted by Crippen LogP contribution is -2.51. The average molecular weight is 274 g/mol. The zero-order valence-electron chi connectivity index (χ0n) is 11.4. The van der Waals surface area contributed by atoms with E-state index in [1.807, 2.05) is 20.8 Å². The molecule has 0 saturated carbocycles. The van der Waals surface area contributed by atoms with Gasteiger partial charge < -0.3 is 10.0 Å².